The molecule has 3 nitrogen and oxygen atoms in total. The van der Waals surface area contributed by atoms with Crippen molar-refractivity contribution in [2.24, 2.45) is 0 Å². The SMILES string of the molecule is C=CCOC(=O)OCCCc1cc(CCCCC)cc(CCCCC)c1. The third kappa shape index (κ3) is 10.3. The first-order valence-electron chi connectivity index (χ1n) is 10.2. The van der Waals surface area contributed by atoms with Crippen molar-refractivity contribution in [3.63, 3.8) is 0 Å². The van der Waals surface area contributed by atoms with Crippen LogP contribution in [0.1, 0.15) is 75.5 Å². The van der Waals surface area contributed by atoms with Crippen molar-refractivity contribution in [2.75, 3.05) is 13.2 Å². The summed E-state index contributed by atoms with van der Waals surface area (Å²) in [6.07, 6.45) is 12.6. The highest BCUT2D eigenvalue weighted by Gasteiger charge is 2.05. The van der Waals surface area contributed by atoms with Crippen molar-refractivity contribution in [3.05, 3.63) is 47.5 Å². The standard InChI is InChI=1S/C23H36O3/c1-4-7-9-12-20-17-21(13-10-8-5-2)19-22(18-20)14-11-16-26-23(24)25-15-6-3/h6,17-19H,3-5,7-16H2,1-2H3. The van der Waals surface area contributed by atoms with Crippen LogP contribution in [0.2, 0.25) is 0 Å². The number of rotatable bonds is 14. The summed E-state index contributed by atoms with van der Waals surface area (Å²) in [5.41, 5.74) is 4.26. The number of ether oxygens (including phenoxy) is 2. The number of unbranched alkanes of at least 4 members (excludes halogenated alkanes) is 4. The number of hydrogen-bond acceptors (Lipinski definition) is 3. The second kappa shape index (κ2) is 14.4. The van der Waals surface area contributed by atoms with Gasteiger partial charge in [0.2, 0.25) is 0 Å². The van der Waals surface area contributed by atoms with Crippen LogP contribution in [0, 0.1) is 0 Å². The van der Waals surface area contributed by atoms with Crippen LogP contribution in [0.4, 0.5) is 4.79 Å². The third-order valence-corrected chi connectivity index (χ3v) is 4.40. The molecule has 0 radical (unpaired) electrons. The quantitative estimate of drug-likeness (QED) is 0.218. The first-order chi connectivity index (χ1) is 12.7. The molecular formula is C23H36O3. The van der Waals surface area contributed by atoms with Crippen LogP contribution in [0.25, 0.3) is 0 Å². The Labute approximate surface area is 159 Å². The van der Waals surface area contributed by atoms with Crippen molar-refractivity contribution in [1.82, 2.24) is 0 Å². The Hall–Kier alpha value is -1.77. The number of carbonyl (C=O) groups excluding carboxylic acids is 1. The molecule has 0 aliphatic heterocycles. The highest BCUT2D eigenvalue weighted by atomic mass is 16.7. The molecule has 0 heterocycles. The molecule has 1 rings (SSSR count). The van der Waals surface area contributed by atoms with E-state index in [0.717, 1.165) is 25.7 Å². The van der Waals surface area contributed by atoms with E-state index in [1.807, 2.05) is 0 Å². The summed E-state index contributed by atoms with van der Waals surface area (Å²) in [5, 5.41) is 0. The molecule has 0 fully saturated rings. The van der Waals surface area contributed by atoms with Crippen molar-refractivity contribution >= 4 is 6.16 Å². The molecule has 1 aromatic rings. The van der Waals surface area contributed by atoms with Crippen molar-refractivity contribution in [2.45, 2.75) is 78.1 Å². The van der Waals surface area contributed by atoms with Gasteiger partial charge in [-0.05, 0) is 55.2 Å². The van der Waals surface area contributed by atoms with Gasteiger partial charge in [-0.2, -0.15) is 0 Å². The summed E-state index contributed by atoms with van der Waals surface area (Å²) in [5.74, 6) is 0. The van der Waals surface area contributed by atoms with Crippen LogP contribution in [-0.4, -0.2) is 19.4 Å². The molecule has 0 saturated heterocycles. The molecule has 26 heavy (non-hydrogen) atoms. The van der Waals surface area contributed by atoms with Crippen LogP contribution in [-0.2, 0) is 28.7 Å². The Bertz CT molecular complexity index is 494. The van der Waals surface area contributed by atoms with Crippen molar-refractivity contribution < 1.29 is 14.3 Å². The minimum Gasteiger partial charge on any atom is -0.434 e. The van der Waals surface area contributed by atoms with Gasteiger partial charge in [0, 0.05) is 0 Å². The number of carbonyl (C=O) groups is 1. The van der Waals surface area contributed by atoms with E-state index in [9.17, 15) is 4.79 Å². The monoisotopic (exact) mass is 360 g/mol. The summed E-state index contributed by atoms with van der Waals surface area (Å²) >= 11 is 0. The maximum absolute atomic E-state index is 11.3. The first-order valence-corrected chi connectivity index (χ1v) is 10.2. The average Bonchev–Trinajstić information content (AvgIpc) is 2.64. The molecule has 0 bridgehead atoms. The van der Waals surface area contributed by atoms with E-state index in [2.05, 4.69) is 38.6 Å². The van der Waals surface area contributed by atoms with Crippen molar-refractivity contribution in [3.8, 4) is 0 Å². The predicted octanol–water partition coefficient (Wildman–Crippen LogP) is 6.42. The van der Waals surface area contributed by atoms with Crippen LogP contribution in [0.15, 0.2) is 30.9 Å². The maximum atomic E-state index is 11.3. The smallest absolute Gasteiger partial charge is 0.434 e. The topological polar surface area (TPSA) is 35.5 Å². The average molecular weight is 361 g/mol. The minimum atomic E-state index is -0.613. The summed E-state index contributed by atoms with van der Waals surface area (Å²) in [6, 6.07) is 7.04. The van der Waals surface area contributed by atoms with E-state index >= 15 is 0 Å². The maximum Gasteiger partial charge on any atom is 0.508 e. The summed E-state index contributed by atoms with van der Waals surface area (Å²) in [4.78, 5) is 11.3. The van der Waals surface area contributed by atoms with Crippen LogP contribution < -0.4 is 0 Å². The van der Waals surface area contributed by atoms with E-state index < -0.39 is 6.16 Å². The van der Waals surface area contributed by atoms with E-state index in [0.29, 0.717) is 6.61 Å². The Morgan fingerprint density at radius 1 is 0.846 bits per heavy atom. The second-order valence-corrected chi connectivity index (χ2v) is 6.87. The van der Waals surface area contributed by atoms with Gasteiger partial charge in [-0.3, -0.25) is 0 Å². The van der Waals surface area contributed by atoms with E-state index in [1.54, 1.807) is 0 Å². The lowest BCUT2D eigenvalue weighted by atomic mass is 9.96. The molecule has 0 saturated carbocycles. The fourth-order valence-corrected chi connectivity index (χ4v) is 3.03. The second-order valence-electron chi connectivity index (χ2n) is 6.87. The summed E-state index contributed by atoms with van der Waals surface area (Å²) in [7, 11) is 0. The molecule has 0 amide bonds. The van der Waals surface area contributed by atoms with Gasteiger partial charge in [0.15, 0.2) is 0 Å². The molecule has 0 aromatic heterocycles. The fraction of sp³-hybridized carbons (Fsp3) is 0.609. The molecule has 146 valence electrons. The largest absolute Gasteiger partial charge is 0.508 e. The van der Waals surface area contributed by atoms with Gasteiger partial charge < -0.3 is 9.47 Å². The van der Waals surface area contributed by atoms with Gasteiger partial charge >= 0.3 is 6.16 Å². The predicted molar refractivity (Wildman–Crippen MR) is 109 cm³/mol. The number of aryl methyl sites for hydroxylation is 3. The van der Waals surface area contributed by atoms with E-state index in [1.165, 1.54) is 61.3 Å². The Balaban J connectivity index is 2.54. The molecule has 0 atom stereocenters. The zero-order chi connectivity index (χ0) is 19.0. The Morgan fingerprint density at radius 2 is 1.35 bits per heavy atom. The Kier molecular flexibility index (Phi) is 12.3. The Morgan fingerprint density at radius 3 is 1.81 bits per heavy atom. The lowest BCUT2D eigenvalue weighted by Gasteiger charge is -2.11. The third-order valence-electron chi connectivity index (χ3n) is 4.40. The van der Waals surface area contributed by atoms with Gasteiger partial charge in [0.05, 0.1) is 6.61 Å². The number of hydrogen-bond donors (Lipinski definition) is 0. The molecular weight excluding hydrogens is 324 g/mol. The fourth-order valence-electron chi connectivity index (χ4n) is 3.03. The summed E-state index contributed by atoms with van der Waals surface area (Å²) < 4.78 is 9.89. The first kappa shape index (κ1) is 22.3. The van der Waals surface area contributed by atoms with Crippen molar-refractivity contribution in [1.29, 1.82) is 0 Å². The van der Waals surface area contributed by atoms with Gasteiger partial charge in [-0.1, -0.05) is 70.4 Å². The number of benzene rings is 1. The zero-order valence-electron chi connectivity index (χ0n) is 16.7. The molecule has 3 heteroatoms. The minimum absolute atomic E-state index is 0.194. The van der Waals surface area contributed by atoms with Gasteiger partial charge in [-0.25, -0.2) is 4.79 Å². The highest BCUT2D eigenvalue weighted by Crippen LogP contribution is 2.17. The molecule has 0 N–H and O–H groups in total. The van der Waals surface area contributed by atoms with Crippen LogP contribution in [0.3, 0.4) is 0 Å². The lowest BCUT2D eigenvalue weighted by molar-refractivity contribution is 0.0625. The summed E-state index contributed by atoms with van der Waals surface area (Å²) in [6.45, 7) is 8.58. The molecule has 0 spiro atoms. The lowest BCUT2D eigenvalue weighted by Crippen LogP contribution is -2.09. The normalized spacial score (nSPS) is 10.5. The highest BCUT2D eigenvalue weighted by molar-refractivity contribution is 5.59. The van der Waals surface area contributed by atoms with Gasteiger partial charge in [-0.15, -0.1) is 0 Å². The zero-order valence-corrected chi connectivity index (χ0v) is 16.7. The van der Waals surface area contributed by atoms with Gasteiger partial charge in [0.25, 0.3) is 0 Å². The van der Waals surface area contributed by atoms with E-state index in [-0.39, 0.29) is 6.61 Å². The molecule has 1 aromatic carbocycles. The molecule has 0 aliphatic rings. The van der Waals surface area contributed by atoms with Gasteiger partial charge in [0.1, 0.15) is 6.61 Å². The van der Waals surface area contributed by atoms with E-state index in [4.69, 9.17) is 9.47 Å². The molecule has 0 unspecified atom stereocenters. The van der Waals surface area contributed by atoms with Crippen LogP contribution in [0.5, 0.6) is 0 Å². The molecule has 0 aliphatic carbocycles. The van der Waals surface area contributed by atoms with Crippen LogP contribution >= 0.6 is 0 Å².